The summed E-state index contributed by atoms with van der Waals surface area (Å²) in [6.45, 7) is 7.30. The Morgan fingerprint density at radius 1 is 1.25 bits per heavy atom. The fraction of sp³-hybridized carbons (Fsp3) is 0.600. The lowest BCUT2D eigenvalue weighted by Crippen LogP contribution is -2.45. The summed E-state index contributed by atoms with van der Waals surface area (Å²) >= 11 is 0. The van der Waals surface area contributed by atoms with Crippen LogP contribution in [0.15, 0.2) is 12.1 Å². The second-order valence-corrected chi connectivity index (χ2v) is 5.28. The minimum Gasteiger partial charge on any atom is -0.507 e. The van der Waals surface area contributed by atoms with Gasteiger partial charge in [0.1, 0.15) is 5.75 Å². The van der Waals surface area contributed by atoms with Crippen LogP contribution in [0, 0.1) is 13.8 Å². The van der Waals surface area contributed by atoms with E-state index >= 15 is 0 Å². The van der Waals surface area contributed by atoms with Gasteiger partial charge in [-0.3, -0.25) is 9.29 Å². The molecule has 1 saturated heterocycles. The first kappa shape index (κ1) is 17.2. The summed E-state index contributed by atoms with van der Waals surface area (Å²) in [5.74, 6) is 0.350. The highest BCUT2D eigenvalue weighted by molar-refractivity contribution is 5.85. The molecule has 0 spiro atoms. The fourth-order valence-corrected chi connectivity index (χ4v) is 2.84. The second kappa shape index (κ2) is 7.81. The Hall–Kier alpha value is -0.840. The maximum absolute atomic E-state index is 12.9. The Bertz CT molecular complexity index is 413. The van der Waals surface area contributed by atoms with Gasteiger partial charge in [-0.15, -0.1) is 12.4 Å². The quantitative estimate of drug-likeness (QED) is 0.898. The Morgan fingerprint density at radius 2 is 1.80 bits per heavy atom. The van der Waals surface area contributed by atoms with Gasteiger partial charge in [-0.1, -0.05) is 12.1 Å². The fourth-order valence-electron chi connectivity index (χ4n) is 2.84. The van der Waals surface area contributed by atoms with E-state index < -0.39 is 0 Å². The number of phenolic OH excluding ortho intramolecular Hbond substituents is 1. The number of hydrogen-bond donors (Lipinski definition) is 2. The molecule has 1 heterocycles. The smallest absolute Gasteiger partial charge is 0.121 e. The molecule has 0 unspecified atom stereocenters. The van der Waals surface area contributed by atoms with Crippen molar-refractivity contribution in [3.63, 3.8) is 0 Å². The highest BCUT2D eigenvalue weighted by Crippen LogP contribution is 2.31. The van der Waals surface area contributed by atoms with Crippen LogP contribution in [0.1, 0.15) is 29.2 Å². The van der Waals surface area contributed by atoms with Gasteiger partial charge >= 0.3 is 0 Å². The van der Waals surface area contributed by atoms with E-state index in [4.69, 9.17) is 0 Å². The molecule has 20 heavy (non-hydrogen) atoms. The summed E-state index contributed by atoms with van der Waals surface area (Å²) in [5, 5.41) is 13.2. The van der Waals surface area contributed by atoms with Crippen molar-refractivity contribution in [2.24, 2.45) is 0 Å². The molecule has 2 N–H and O–H groups in total. The predicted molar refractivity (Wildman–Crippen MR) is 82.6 cm³/mol. The summed E-state index contributed by atoms with van der Waals surface area (Å²) in [5.41, 5.74) is 2.86. The van der Waals surface area contributed by atoms with Crippen LogP contribution in [0.2, 0.25) is 0 Å². The van der Waals surface area contributed by atoms with Crippen molar-refractivity contribution in [1.29, 1.82) is 0 Å². The zero-order valence-corrected chi connectivity index (χ0v) is 13.0. The maximum atomic E-state index is 12.9. The third-order valence-electron chi connectivity index (χ3n) is 3.87. The van der Waals surface area contributed by atoms with E-state index in [1.807, 2.05) is 26.0 Å². The summed E-state index contributed by atoms with van der Waals surface area (Å²) in [7, 11) is 0. The van der Waals surface area contributed by atoms with E-state index in [9.17, 15) is 9.50 Å². The molecule has 0 bridgehead atoms. The van der Waals surface area contributed by atoms with Gasteiger partial charge in [0.15, 0.2) is 0 Å². The molecule has 1 fully saturated rings. The molecular formula is C15H24ClFN2O. The molecule has 0 aliphatic carbocycles. The Morgan fingerprint density at radius 3 is 2.30 bits per heavy atom. The van der Waals surface area contributed by atoms with E-state index in [0.717, 1.165) is 42.9 Å². The number of halogens is 2. The van der Waals surface area contributed by atoms with Gasteiger partial charge < -0.3 is 10.4 Å². The van der Waals surface area contributed by atoms with Gasteiger partial charge in [-0.05, 0) is 37.0 Å². The lowest BCUT2D eigenvalue weighted by atomic mass is 9.97. The SMILES string of the molecule is Cc1cc([C@@H](CCF)N2CCNCC2)cc(C)c1O.Cl. The summed E-state index contributed by atoms with van der Waals surface area (Å²) in [6, 6.07) is 4.10. The van der Waals surface area contributed by atoms with Crippen LogP contribution in [-0.4, -0.2) is 42.9 Å². The normalized spacial score (nSPS) is 17.6. The number of aryl methyl sites for hydroxylation is 2. The van der Waals surface area contributed by atoms with Gasteiger partial charge in [-0.2, -0.15) is 0 Å². The van der Waals surface area contributed by atoms with Crippen molar-refractivity contribution in [3.05, 3.63) is 28.8 Å². The lowest BCUT2D eigenvalue weighted by molar-refractivity contribution is 0.157. The molecule has 1 aromatic rings. The predicted octanol–water partition coefficient (Wildman–Crippen LogP) is 2.74. The number of piperazine rings is 1. The van der Waals surface area contributed by atoms with Crippen LogP contribution in [0.25, 0.3) is 0 Å². The molecule has 114 valence electrons. The third-order valence-corrected chi connectivity index (χ3v) is 3.87. The first-order valence-corrected chi connectivity index (χ1v) is 6.94. The standard InChI is InChI=1S/C15H23FN2O.ClH/c1-11-9-13(10-12(2)15(11)19)14(3-4-16)18-7-5-17-6-8-18;/h9-10,14,17,19H,3-8H2,1-2H3;1H/t14-;/m1./s1. The van der Waals surface area contributed by atoms with Crippen molar-refractivity contribution < 1.29 is 9.50 Å². The Balaban J connectivity index is 0.00000200. The van der Waals surface area contributed by atoms with Crippen molar-refractivity contribution >= 4 is 12.4 Å². The minimum atomic E-state index is -0.312. The van der Waals surface area contributed by atoms with Crippen molar-refractivity contribution in [2.75, 3.05) is 32.9 Å². The highest BCUT2D eigenvalue weighted by atomic mass is 35.5. The van der Waals surface area contributed by atoms with Crippen LogP contribution in [0.3, 0.4) is 0 Å². The molecule has 1 aliphatic rings. The molecule has 1 aliphatic heterocycles. The number of nitrogens with zero attached hydrogens (tertiary/aromatic N) is 1. The number of aromatic hydroxyl groups is 1. The van der Waals surface area contributed by atoms with Crippen LogP contribution < -0.4 is 5.32 Å². The highest BCUT2D eigenvalue weighted by Gasteiger charge is 2.22. The Kier molecular flexibility index (Phi) is 6.72. The number of alkyl halides is 1. The average Bonchev–Trinajstić information content (AvgIpc) is 2.42. The second-order valence-electron chi connectivity index (χ2n) is 5.28. The number of benzene rings is 1. The number of phenols is 1. The monoisotopic (exact) mass is 302 g/mol. The van der Waals surface area contributed by atoms with Crippen molar-refractivity contribution in [1.82, 2.24) is 10.2 Å². The summed E-state index contributed by atoms with van der Waals surface area (Å²) in [4.78, 5) is 2.33. The topological polar surface area (TPSA) is 35.5 Å². The van der Waals surface area contributed by atoms with Crippen LogP contribution in [0.4, 0.5) is 4.39 Å². The molecule has 0 amide bonds. The maximum Gasteiger partial charge on any atom is 0.121 e. The summed E-state index contributed by atoms with van der Waals surface area (Å²) < 4.78 is 12.9. The molecule has 0 aromatic heterocycles. The summed E-state index contributed by atoms with van der Waals surface area (Å²) in [6.07, 6.45) is 0.518. The van der Waals surface area contributed by atoms with E-state index in [-0.39, 0.29) is 25.1 Å². The molecule has 0 radical (unpaired) electrons. The number of nitrogens with one attached hydrogen (secondary N) is 1. The van der Waals surface area contributed by atoms with Gasteiger partial charge in [0.2, 0.25) is 0 Å². The Labute approximate surface area is 126 Å². The van der Waals surface area contributed by atoms with Crippen LogP contribution in [0.5, 0.6) is 5.75 Å². The van der Waals surface area contributed by atoms with E-state index in [1.54, 1.807) is 0 Å². The van der Waals surface area contributed by atoms with Crippen LogP contribution in [-0.2, 0) is 0 Å². The van der Waals surface area contributed by atoms with Crippen molar-refractivity contribution in [3.8, 4) is 5.75 Å². The number of rotatable bonds is 4. The van der Waals surface area contributed by atoms with Gasteiger partial charge in [0.05, 0.1) is 6.67 Å². The van der Waals surface area contributed by atoms with E-state index in [2.05, 4.69) is 10.2 Å². The molecule has 0 saturated carbocycles. The molecule has 1 atom stereocenters. The average molecular weight is 303 g/mol. The molecule has 2 rings (SSSR count). The van der Waals surface area contributed by atoms with E-state index in [0.29, 0.717) is 12.2 Å². The van der Waals surface area contributed by atoms with Gasteiger partial charge in [-0.25, -0.2) is 0 Å². The zero-order chi connectivity index (χ0) is 13.8. The number of hydrogen-bond acceptors (Lipinski definition) is 3. The first-order valence-electron chi connectivity index (χ1n) is 6.94. The van der Waals surface area contributed by atoms with Gasteiger partial charge in [0, 0.05) is 32.2 Å². The first-order chi connectivity index (χ1) is 9.13. The van der Waals surface area contributed by atoms with Crippen molar-refractivity contribution in [2.45, 2.75) is 26.3 Å². The largest absolute Gasteiger partial charge is 0.507 e. The minimum absolute atomic E-state index is 0. The third kappa shape index (κ3) is 3.84. The van der Waals surface area contributed by atoms with Gasteiger partial charge in [0.25, 0.3) is 0 Å². The van der Waals surface area contributed by atoms with E-state index in [1.165, 1.54) is 0 Å². The molecular weight excluding hydrogens is 279 g/mol. The lowest BCUT2D eigenvalue weighted by Gasteiger charge is -2.35. The van der Waals surface area contributed by atoms with Crippen LogP contribution >= 0.6 is 12.4 Å². The molecule has 1 aromatic carbocycles. The molecule has 3 nitrogen and oxygen atoms in total. The molecule has 5 heteroatoms. The zero-order valence-electron chi connectivity index (χ0n) is 12.2.